The number of nitrogens with one attached hydrogen (secondary N) is 1. The number of amidine groups is 1. The van der Waals surface area contributed by atoms with E-state index in [0.717, 1.165) is 26.7 Å². The summed E-state index contributed by atoms with van der Waals surface area (Å²) in [5.41, 5.74) is 7.48. The van der Waals surface area contributed by atoms with E-state index < -0.39 is 6.04 Å². The Morgan fingerprint density at radius 2 is 1.87 bits per heavy atom. The molecule has 6 heteroatoms. The summed E-state index contributed by atoms with van der Waals surface area (Å²) < 4.78 is 6.27. The summed E-state index contributed by atoms with van der Waals surface area (Å²) in [6, 6.07) is 12.0. The molecule has 0 unspecified atom stereocenters. The number of thioether (sulfide) groups is 1. The van der Waals surface area contributed by atoms with E-state index >= 15 is 0 Å². The van der Waals surface area contributed by atoms with Crippen LogP contribution in [0, 0.1) is 20.8 Å². The molecule has 0 amide bonds. The van der Waals surface area contributed by atoms with E-state index in [2.05, 4.69) is 54.2 Å². The van der Waals surface area contributed by atoms with Crippen molar-refractivity contribution in [1.29, 1.82) is 0 Å². The highest BCUT2D eigenvalue weighted by molar-refractivity contribution is 9.10. The van der Waals surface area contributed by atoms with Gasteiger partial charge in [0.05, 0.1) is 12.2 Å². The number of hydrogen-bond acceptors (Lipinski definition) is 5. The monoisotopic (exact) mass is 486 g/mol. The Labute approximate surface area is 191 Å². The van der Waals surface area contributed by atoms with E-state index in [1.165, 1.54) is 22.3 Å². The molecule has 4 nitrogen and oxygen atoms in total. The molecule has 0 saturated carbocycles. The fourth-order valence-corrected chi connectivity index (χ4v) is 5.25. The molecule has 0 fully saturated rings. The normalized spacial score (nSPS) is 16.2. The van der Waals surface area contributed by atoms with Crippen LogP contribution in [0.15, 0.2) is 57.1 Å². The van der Waals surface area contributed by atoms with Crippen molar-refractivity contribution >= 4 is 38.8 Å². The van der Waals surface area contributed by atoms with Gasteiger partial charge < -0.3 is 10.1 Å². The Bertz CT molecular complexity index is 1010. The third kappa shape index (κ3) is 5.16. The maximum atomic E-state index is 12.7. The highest BCUT2D eigenvalue weighted by atomic mass is 79.9. The Morgan fingerprint density at radius 3 is 2.50 bits per heavy atom. The summed E-state index contributed by atoms with van der Waals surface area (Å²) in [7, 11) is 0. The minimum atomic E-state index is -0.398. The summed E-state index contributed by atoms with van der Waals surface area (Å²) in [4.78, 5) is 17.6. The summed E-state index contributed by atoms with van der Waals surface area (Å²) in [5.74, 6) is 0.488. The zero-order chi connectivity index (χ0) is 21.8. The lowest BCUT2D eigenvalue weighted by atomic mass is 9.97. The first-order valence-electron chi connectivity index (χ1n) is 9.97. The number of allylic oxidation sites excluding steroid dienone is 1. The molecular formula is C24H27BrN2O2S. The Balaban J connectivity index is 1.91. The molecule has 1 atom stereocenters. The number of ether oxygens (including phenoxy) is 1. The van der Waals surface area contributed by atoms with Gasteiger partial charge in [-0.25, -0.2) is 9.79 Å². The van der Waals surface area contributed by atoms with E-state index in [1.807, 2.05) is 38.1 Å². The van der Waals surface area contributed by atoms with E-state index in [1.54, 1.807) is 11.8 Å². The van der Waals surface area contributed by atoms with Crippen LogP contribution in [0.2, 0.25) is 0 Å². The molecule has 1 aliphatic rings. The molecule has 1 heterocycles. The number of halogens is 1. The average Bonchev–Trinajstić information content (AvgIpc) is 2.66. The molecule has 1 N–H and O–H groups in total. The molecule has 1 aliphatic heterocycles. The van der Waals surface area contributed by atoms with Crippen LogP contribution in [0.1, 0.15) is 47.7 Å². The van der Waals surface area contributed by atoms with E-state index in [9.17, 15) is 4.79 Å². The first-order valence-corrected chi connectivity index (χ1v) is 11.8. The highest BCUT2D eigenvalue weighted by Crippen LogP contribution is 2.35. The molecule has 0 aliphatic carbocycles. The van der Waals surface area contributed by atoms with Crippen LogP contribution < -0.4 is 5.32 Å². The van der Waals surface area contributed by atoms with Gasteiger partial charge in [-0.15, -0.1) is 0 Å². The van der Waals surface area contributed by atoms with Gasteiger partial charge in [0.2, 0.25) is 0 Å². The maximum absolute atomic E-state index is 12.7. The zero-order valence-corrected chi connectivity index (χ0v) is 20.4. The number of aliphatic imine (C=N–C) groups is 1. The van der Waals surface area contributed by atoms with Crippen LogP contribution in [0.3, 0.4) is 0 Å². The molecule has 158 valence electrons. The van der Waals surface area contributed by atoms with Crippen LogP contribution in [0.25, 0.3) is 0 Å². The van der Waals surface area contributed by atoms with Gasteiger partial charge in [0, 0.05) is 15.9 Å². The minimum Gasteiger partial charge on any atom is -0.463 e. The van der Waals surface area contributed by atoms with E-state index in [-0.39, 0.29) is 5.97 Å². The average molecular weight is 487 g/mol. The molecule has 0 radical (unpaired) electrons. The van der Waals surface area contributed by atoms with Crippen molar-refractivity contribution in [3.63, 3.8) is 0 Å². The summed E-state index contributed by atoms with van der Waals surface area (Å²) in [6.07, 6.45) is 0. The fourth-order valence-electron chi connectivity index (χ4n) is 3.69. The van der Waals surface area contributed by atoms with Crippen molar-refractivity contribution < 1.29 is 9.53 Å². The van der Waals surface area contributed by atoms with Gasteiger partial charge in [-0.2, -0.15) is 0 Å². The van der Waals surface area contributed by atoms with Crippen molar-refractivity contribution in [2.45, 2.75) is 46.4 Å². The Kier molecular flexibility index (Phi) is 7.42. The predicted molar refractivity (Wildman–Crippen MR) is 129 cm³/mol. The summed E-state index contributed by atoms with van der Waals surface area (Å²) in [6.45, 7) is 10.5. The second kappa shape index (κ2) is 9.84. The molecule has 0 aromatic heterocycles. The van der Waals surface area contributed by atoms with E-state index in [0.29, 0.717) is 12.2 Å². The molecule has 30 heavy (non-hydrogen) atoms. The molecule has 2 aromatic rings. The molecular weight excluding hydrogens is 460 g/mol. The first kappa shape index (κ1) is 22.6. The predicted octanol–water partition coefficient (Wildman–Crippen LogP) is 6.15. The summed E-state index contributed by atoms with van der Waals surface area (Å²) in [5, 5.41) is 4.13. The second-order valence-corrected chi connectivity index (χ2v) is 9.32. The third-order valence-corrected chi connectivity index (χ3v) is 6.48. The van der Waals surface area contributed by atoms with Crippen LogP contribution in [0.4, 0.5) is 0 Å². The smallest absolute Gasteiger partial charge is 0.338 e. The summed E-state index contributed by atoms with van der Waals surface area (Å²) >= 11 is 5.19. The number of carbonyl (C=O) groups excluding carboxylic acids is 1. The molecule has 0 spiro atoms. The molecule has 3 rings (SSSR count). The number of hydrogen-bond donors (Lipinski definition) is 1. The fraction of sp³-hybridized carbons (Fsp3) is 0.333. The van der Waals surface area contributed by atoms with Gasteiger partial charge in [0.25, 0.3) is 0 Å². The lowest BCUT2D eigenvalue weighted by Gasteiger charge is -2.26. The van der Waals surface area contributed by atoms with Crippen LogP contribution in [-0.4, -0.2) is 17.7 Å². The van der Waals surface area contributed by atoms with Gasteiger partial charge in [-0.3, -0.25) is 0 Å². The lowest BCUT2D eigenvalue weighted by molar-refractivity contribution is -0.138. The number of aryl methyl sites for hydroxylation is 3. The van der Waals surface area contributed by atoms with E-state index in [4.69, 9.17) is 9.73 Å². The molecule has 2 aromatic carbocycles. The Morgan fingerprint density at radius 1 is 1.17 bits per heavy atom. The SMILES string of the molecule is CCOC(=O)C1=C(C)NC(SCc2c(C)cc(C)cc2C)=N[C@@H]1c1cccc(Br)c1. The zero-order valence-electron chi connectivity index (χ0n) is 18.0. The molecule has 0 saturated heterocycles. The topological polar surface area (TPSA) is 50.7 Å². The number of nitrogens with zero attached hydrogens (tertiary/aromatic N) is 1. The van der Waals surface area contributed by atoms with Gasteiger partial charge in [-0.05, 0) is 69.0 Å². The minimum absolute atomic E-state index is 0.328. The second-order valence-electron chi connectivity index (χ2n) is 7.44. The molecule has 0 bridgehead atoms. The quantitative estimate of drug-likeness (QED) is 0.515. The number of esters is 1. The van der Waals surface area contributed by atoms with Crippen molar-refractivity contribution in [2.24, 2.45) is 4.99 Å². The standard InChI is InChI=1S/C24H27BrN2O2S/c1-6-29-23(28)21-17(5)26-24(27-22(21)18-8-7-9-19(25)12-18)30-13-20-15(3)10-14(2)11-16(20)4/h7-12,22H,6,13H2,1-5H3,(H,26,27)/t22-/m1/s1. The largest absolute Gasteiger partial charge is 0.463 e. The van der Waals surface area contributed by atoms with Crippen molar-refractivity contribution in [3.05, 3.63) is 80.0 Å². The highest BCUT2D eigenvalue weighted by Gasteiger charge is 2.30. The van der Waals surface area contributed by atoms with Gasteiger partial charge in [0.15, 0.2) is 5.17 Å². The van der Waals surface area contributed by atoms with Crippen LogP contribution in [-0.2, 0) is 15.3 Å². The van der Waals surface area contributed by atoms with Crippen LogP contribution >= 0.6 is 27.7 Å². The van der Waals surface area contributed by atoms with Crippen LogP contribution in [0.5, 0.6) is 0 Å². The van der Waals surface area contributed by atoms with Gasteiger partial charge in [-0.1, -0.05) is 57.5 Å². The third-order valence-electron chi connectivity index (χ3n) is 5.07. The van der Waals surface area contributed by atoms with Crippen molar-refractivity contribution in [3.8, 4) is 0 Å². The number of carbonyl (C=O) groups is 1. The number of benzene rings is 2. The lowest BCUT2D eigenvalue weighted by Crippen LogP contribution is -2.30. The van der Waals surface area contributed by atoms with Crippen molar-refractivity contribution in [1.82, 2.24) is 5.32 Å². The maximum Gasteiger partial charge on any atom is 0.338 e. The van der Waals surface area contributed by atoms with Gasteiger partial charge in [0.1, 0.15) is 6.04 Å². The van der Waals surface area contributed by atoms with Crippen molar-refractivity contribution in [2.75, 3.05) is 6.61 Å². The van der Waals surface area contributed by atoms with Gasteiger partial charge >= 0.3 is 5.97 Å². The Hall–Kier alpha value is -2.05. The number of rotatable bonds is 5. The first-order chi connectivity index (χ1) is 14.3.